The van der Waals surface area contributed by atoms with Gasteiger partial charge in [0.05, 0.1) is 26.5 Å². The highest BCUT2D eigenvalue weighted by atomic mass is 32.2. The van der Waals surface area contributed by atoms with Gasteiger partial charge in [0.2, 0.25) is 5.91 Å². The molecule has 0 aliphatic heterocycles. The molecule has 1 aromatic heterocycles. The van der Waals surface area contributed by atoms with Crippen molar-refractivity contribution in [3.05, 3.63) is 71.8 Å². The maximum atomic E-state index is 13.5. The third-order valence-corrected chi connectivity index (χ3v) is 5.93. The Hall–Kier alpha value is -3.86. The number of halogens is 1. The number of benzene rings is 2. The molecule has 2 N–H and O–H groups in total. The Morgan fingerprint density at radius 1 is 1.14 bits per heavy atom. The molecule has 0 aliphatic rings. The quantitative estimate of drug-likeness (QED) is 0.307. The molecule has 0 saturated heterocycles. The number of aromatic nitrogens is 3. The number of carbonyl (C=O) groups is 2. The second-order valence-electron chi connectivity index (χ2n) is 7.35. The van der Waals surface area contributed by atoms with E-state index in [1.165, 1.54) is 38.1 Å². The fraction of sp³-hybridized carbons (Fsp3) is 0.250. The zero-order valence-corrected chi connectivity index (χ0v) is 20.4. The number of hydrogen-bond donors (Lipinski definition) is 2. The summed E-state index contributed by atoms with van der Waals surface area (Å²) in [7, 11) is 3.02. The number of thioether (sulfide) groups is 1. The molecule has 35 heavy (non-hydrogen) atoms. The number of carbonyl (C=O) groups excluding carboxylic acids is 2. The van der Waals surface area contributed by atoms with Crippen LogP contribution in [-0.2, 0) is 17.9 Å². The van der Waals surface area contributed by atoms with Crippen molar-refractivity contribution in [3.63, 3.8) is 0 Å². The van der Waals surface area contributed by atoms with Crippen LogP contribution in [0.1, 0.15) is 21.7 Å². The first-order chi connectivity index (χ1) is 16.9. The minimum atomic E-state index is -0.427. The Labute approximate surface area is 206 Å². The highest BCUT2D eigenvalue weighted by molar-refractivity contribution is 7.99. The first kappa shape index (κ1) is 25.8. The van der Waals surface area contributed by atoms with Gasteiger partial charge in [0.1, 0.15) is 5.82 Å². The number of methoxy groups -OCH3 is 2. The van der Waals surface area contributed by atoms with Crippen LogP contribution in [0.4, 0.5) is 10.1 Å². The molecule has 0 spiro atoms. The third kappa shape index (κ3) is 6.60. The summed E-state index contributed by atoms with van der Waals surface area (Å²) in [4.78, 5) is 25.0. The van der Waals surface area contributed by atoms with Crippen LogP contribution in [0, 0.1) is 12.7 Å². The van der Waals surface area contributed by atoms with Crippen LogP contribution in [0.25, 0.3) is 0 Å². The van der Waals surface area contributed by atoms with Gasteiger partial charge in [-0.2, -0.15) is 0 Å². The van der Waals surface area contributed by atoms with Crippen molar-refractivity contribution in [3.8, 4) is 11.5 Å². The molecular formula is C24H26FN5O4S. The normalized spacial score (nSPS) is 10.5. The molecule has 2 amide bonds. The number of aryl methyl sites for hydroxylation is 1. The molecule has 3 rings (SSSR count). The molecule has 3 aromatic rings. The van der Waals surface area contributed by atoms with E-state index in [0.717, 1.165) is 5.56 Å². The number of allylic oxidation sites excluding steroid dienone is 1. The van der Waals surface area contributed by atoms with Crippen molar-refractivity contribution in [2.75, 3.05) is 25.3 Å². The fourth-order valence-corrected chi connectivity index (χ4v) is 3.92. The molecule has 0 saturated carbocycles. The van der Waals surface area contributed by atoms with Crippen molar-refractivity contribution < 1.29 is 23.5 Å². The van der Waals surface area contributed by atoms with E-state index < -0.39 is 5.82 Å². The van der Waals surface area contributed by atoms with Crippen LogP contribution in [0.5, 0.6) is 11.5 Å². The van der Waals surface area contributed by atoms with Gasteiger partial charge in [-0.1, -0.05) is 23.9 Å². The lowest BCUT2D eigenvalue weighted by Gasteiger charge is -2.11. The largest absolute Gasteiger partial charge is 0.493 e. The van der Waals surface area contributed by atoms with Crippen LogP contribution in [0.3, 0.4) is 0 Å². The lowest BCUT2D eigenvalue weighted by molar-refractivity contribution is -0.113. The van der Waals surface area contributed by atoms with Gasteiger partial charge in [0.25, 0.3) is 5.91 Å². The Balaban J connectivity index is 1.64. The number of nitrogens with one attached hydrogen (secondary N) is 2. The van der Waals surface area contributed by atoms with Gasteiger partial charge in [0.15, 0.2) is 22.5 Å². The van der Waals surface area contributed by atoms with Gasteiger partial charge in [-0.05, 0) is 42.8 Å². The van der Waals surface area contributed by atoms with Crippen molar-refractivity contribution in [2.24, 2.45) is 0 Å². The number of hydrogen-bond acceptors (Lipinski definition) is 7. The molecule has 0 bridgehead atoms. The smallest absolute Gasteiger partial charge is 0.251 e. The van der Waals surface area contributed by atoms with Crippen LogP contribution in [0.15, 0.2) is 54.2 Å². The predicted octanol–water partition coefficient (Wildman–Crippen LogP) is 3.59. The van der Waals surface area contributed by atoms with E-state index in [9.17, 15) is 14.0 Å². The van der Waals surface area contributed by atoms with Gasteiger partial charge >= 0.3 is 0 Å². The summed E-state index contributed by atoms with van der Waals surface area (Å²) in [6.07, 6.45) is 1.67. The highest BCUT2D eigenvalue weighted by Gasteiger charge is 2.16. The molecule has 184 valence electrons. The molecule has 1 heterocycles. The average molecular weight is 500 g/mol. The van der Waals surface area contributed by atoms with Crippen LogP contribution in [0.2, 0.25) is 0 Å². The Morgan fingerprint density at radius 2 is 1.91 bits per heavy atom. The SMILES string of the molecule is C=CCn1c(CNC(=O)c2ccc(OC)c(OC)c2)nnc1SCC(=O)Nc1cc(F)ccc1C. The van der Waals surface area contributed by atoms with E-state index in [2.05, 4.69) is 27.4 Å². The summed E-state index contributed by atoms with van der Waals surface area (Å²) < 4.78 is 25.7. The summed E-state index contributed by atoms with van der Waals surface area (Å²) in [5, 5.41) is 14.3. The molecule has 0 atom stereocenters. The Kier molecular flexibility index (Phi) is 8.85. The number of anilines is 1. The van der Waals surface area contributed by atoms with Gasteiger partial charge in [-0.25, -0.2) is 4.39 Å². The Morgan fingerprint density at radius 3 is 2.63 bits per heavy atom. The molecular weight excluding hydrogens is 473 g/mol. The summed E-state index contributed by atoms with van der Waals surface area (Å²) in [6.45, 7) is 6.04. The average Bonchev–Trinajstić information content (AvgIpc) is 3.24. The zero-order chi connectivity index (χ0) is 25.4. The number of ether oxygens (including phenoxy) is 2. The number of rotatable bonds is 11. The lowest BCUT2D eigenvalue weighted by atomic mass is 10.2. The van der Waals surface area contributed by atoms with Crippen LogP contribution < -0.4 is 20.1 Å². The number of amides is 2. The summed E-state index contributed by atoms with van der Waals surface area (Å²) >= 11 is 1.18. The van der Waals surface area contributed by atoms with Crippen molar-refractivity contribution in [1.82, 2.24) is 20.1 Å². The van der Waals surface area contributed by atoms with Crippen molar-refractivity contribution in [2.45, 2.75) is 25.2 Å². The minimum Gasteiger partial charge on any atom is -0.493 e. The zero-order valence-electron chi connectivity index (χ0n) is 19.6. The standard InChI is InChI=1S/C24H26FN5O4S/c1-5-10-30-21(13-26-23(32)16-7-9-19(33-3)20(11-16)34-4)28-29-24(30)35-14-22(31)27-18-12-17(25)8-6-15(18)2/h5-9,11-12H,1,10,13-14H2,2-4H3,(H,26,32)(H,27,31). The second-order valence-corrected chi connectivity index (χ2v) is 8.29. The number of nitrogens with zero attached hydrogens (tertiary/aromatic N) is 3. The molecule has 0 radical (unpaired) electrons. The second kappa shape index (κ2) is 12.0. The maximum absolute atomic E-state index is 13.5. The van der Waals surface area contributed by atoms with Crippen LogP contribution in [-0.4, -0.2) is 46.6 Å². The van der Waals surface area contributed by atoms with Crippen molar-refractivity contribution in [1.29, 1.82) is 0 Å². The maximum Gasteiger partial charge on any atom is 0.251 e. The predicted molar refractivity (Wildman–Crippen MR) is 131 cm³/mol. The summed E-state index contributed by atoms with van der Waals surface area (Å²) in [5.41, 5.74) is 1.57. The topological polar surface area (TPSA) is 107 Å². The molecule has 2 aromatic carbocycles. The third-order valence-electron chi connectivity index (χ3n) is 4.96. The first-order valence-corrected chi connectivity index (χ1v) is 11.6. The Bertz CT molecular complexity index is 1230. The van der Waals surface area contributed by atoms with E-state index in [1.807, 2.05) is 0 Å². The molecule has 0 aliphatic carbocycles. The van der Waals surface area contributed by atoms with Crippen molar-refractivity contribution >= 4 is 29.3 Å². The molecule has 0 fully saturated rings. The van der Waals surface area contributed by atoms with Gasteiger partial charge in [0, 0.05) is 17.8 Å². The van der Waals surface area contributed by atoms with E-state index >= 15 is 0 Å². The molecule has 0 unspecified atom stereocenters. The van der Waals surface area contributed by atoms with Gasteiger partial charge < -0.3 is 24.7 Å². The lowest BCUT2D eigenvalue weighted by Crippen LogP contribution is -2.25. The first-order valence-electron chi connectivity index (χ1n) is 10.6. The minimum absolute atomic E-state index is 0.0449. The van der Waals surface area contributed by atoms with E-state index in [4.69, 9.17) is 9.47 Å². The molecule has 11 heteroatoms. The van der Waals surface area contributed by atoms with E-state index in [-0.39, 0.29) is 24.1 Å². The summed E-state index contributed by atoms with van der Waals surface area (Å²) in [5.74, 6) is 0.460. The van der Waals surface area contributed by atoms with Gasteiger partial charge in [-0.15, -0.1) is 16.8 Å². The van der Waals surface area contributed by atoms with Crippen LogP contribution >= 0.6 is 11.8 Å². The van der Waals surface area contributed by atoms with E-state index in [0.29, 0.717) is 40.3 Å². The monoisotopic (exact) mass is 499 g/mol. The van der Waals surface area contributed by atoms with Gasteiger partial charge in [-0.3, -0.25) is 9.59 Å². The van der Waals surface area contributed by atoms with E-state index in [1.54, 1.807) is 41.8 Å². The highest BCUT2D eigenvalue weighted by Crippen LogP contribution is 2.27. The summed E-state index contributed by atoms with van der Waals surface area (Å²) in [6, 6.07) is 9.08. The fourth-order valence-electron chi connectivity index (χ4n) is 3.15. The molecule has 9 nitrogen and oxygen atoms in total.